The molecular weight excluding hydrogens is 336 g/mol. The van der Waals surface area contributed by atoms with Crippen LogP contribution in [0.5, 0.6) is 5.88 Å². The highest BCUT2D eigenvalue weighted by molar-refractivity contribution is 7.12. The quantitative estimate of drug-likeness (QED) is 0.655. The van der Waals surface area contributed by atoms with E-state index in [2.05, 4.69) is 29.0 Å². The van der Waals surface area contributed by atoms with Crippen LogP contribution in [-0.2, 0) is 6.67 Å². The third kappa shape index (κ3) is 3.47. The Morgan fingerprint density at radius 2 is 1.96 bits per heavy atom. The first kappa shape index (κ1) is 17.3. The molecule has 2 aromatic heterocycles. The molecule has 2 heterocycles. The number of rotatable bonds is 6. The topological polar surface area (TPSA) is 70.2 Å². The summed E-state index contributed by atoms with van der Waals surface area (Å²) >= 11 is 1.32. The molecule has 0 saturated heterocycles. The van der Waals surface area contributed by atoms with E-state index in [4.69, 9.17) is 0 Å². The third-order valence-corrected chi connectivity index (χ3v) is 4.98. The van der Waals surface area contributed by atoms with Gasteiger partial charge in [0.25, 0.3) is 0 Å². The fraction of sp³-hybridized carbons (Fsp3) is 0.278. The number of amides is 1. The largest absolute Gasteiger partial charge is 0.493 e. The van der Waals surface area contributed by atoms with Gasteiger partial charge in [0.1, 0.15) is 0 Å². The van der Waals surface area contributed by atoms with Gasteiger partial charge in [0.15, 0.2) is 5.69 Å². The second kappa shape index (κ2) is 7.58. The summed E-state index contributed by atoms with van der Waals surface area (Å²) in [6.45, 7) is 6.44. The minimum atomic E-state index is -0.407. The van der Waals surface area contributed by atoms with Gasteiger partial charge in [-0.05, 0) is 30.6 Å². The highest BCUT2D eigenvalue weighted by atomic mass is 32.1. The number of carbonyl (C=O) groups is 1. The van der Waals surface area contributed by atoms with Gasteiger partial charge in [-0.2, -0.15) is 0 Å². The number of thiophene rings is 1. The molecule has 1 amide bonds. The second-order valence-corrected chi connectivity index (χ2v) is 6.49. The lowest BCUT2D eigenvalue weighted by molar-refractivity contribution is 0.0999. The first-order valence-corrected chi connectivity index (χ1v) is 9.05. The number of benzene rings is 1. The molecule has 0 aliphatic carbocycles. The van der Waals surface area contributed by atoms with Gasteiger partial charge in [-0.1, -0.05) is 38.1 Å². The van der Waals surface area contributed by atoms with E-state index < -0.39 is 5.91 Å². The number of nitrogens with zero attached hydrogens (tertiary/aromatic N) is 4. The maximum absolute atomic E-state index is 12.1. The molecule has 0 fully saturated rings. The van der Waals surface area contributed by atoms with Gasteiger partial charge in [0.2, 0.25) is 5.88 Å². The summed E-state index contributed by atoms with van der Waals surface area (Å²) in [6.07, 6.45) is 0. The van der Waals surface area contributed by atoms with E-state index in [9.17, 15) is 9.90 Å². The molecule has 0 radical (unpaired) electrons. The maximum atomic E-state index is 12.1. The van der Waals surface area contributed by atoms with Crippen molar-refractivity contribution in [2.75, 3.05) is 13.1 Å². The minimum Gasteiger partial charge on any atom is -0.493 e. The summed E-state index contributed by atoms with van der Waals surface area (Å²) < 4.78 is 1.80. The van der Waals surface area contributed by atoms with E-state index in [0.717, 1.165) is 24.0 Å². The molecule has 3 rings (SSSR count). The molecular formula is C18H20N4O2S. The molecule has 0 saturated carbocycles. The van der Waals surface area contributed by atoms with Crippen LogP contribution in [0.3, 0.4) is 0 Å². The van der Waals surface area contributed by atoms with Gasteiger partial charge in [0, 0.05) is 5.39 Å². The fourth-order valence-electron chi connectivity index (χ4n) is 2.68. The zero-order chi connectivity index (χ0) is 17.8. The monoisotopic (exact) mass is 356 g/mol. The number of hydrogen-bond acceptors (Lipinski definition) is 5. The Kier molecular flexibility index (Phi) is 5.25. The van der Waals surface area contributed by atoms with Crippen LogP contribution in [0, 0.1) is 0 Å². The van der Waals surface area contributed by atoms with Crippen LogP contribution >= 0.6 is 11.3 Å². The van der Waals surface area contributed by atoms with Crippen molar-refractivity contribution in [1.82, 2.24) is 9.47 Å². The summed E-state index contributed by atoms with van der Waals surface area (Å²) in [6, 6.07) is 11.1. The average molecular weight is 356 g/mol. The molecule has 7 heteroatoms. The number of fused-ring (bicyclic) bond motifs is 1. The number of aromatic hydroxyl groups is 1. The van der Waals surface area contributed by atoms with E-state index in [-0.39, 0.29) is 5.88 Å². The molecule has 0 bridgehead atoms. The summed E-state index contributed by atoms with van der Waals surface area (Å²) in [5.41, 5.74) is 1.19. The summed E-state index contributed by atoms with van der Waals surface area (Å²) in [4.78, 5) is 14.8. The molecule has 1 aromatic carbocycles. The van der Waals surface area contributed by atoms with E-state index in [1.54, 1.807) is 16.7 Å². The average Bonchev–Trinajstić information content (AvgIpc) is 3.25. The van der Waals surface area contributed by atoms with Crippen molar-refractivity contribution in [2.45, 2.75) is 20.5 Å². The molecule has 0 aliphatic rings. The zero-order valence-electron chi connectivity index (χ0n) is 14.2. The standard InChI is InChI=1S/C18H20N4O2S/c1-3-21(4-2)12-22-14-9-6-5-8-13(14)16(18(22)24)19-20-17(23)15-10-7-11-25-15/h5-11,24H,3-4,12H2,1-2H3. The number of para-hydroxylation sites is 1. The van der Waals surface area contributed by atoms with Crippen LogP contribution in [0.25, 0.3) is 10.9 Å². The Morgan fingerprint density at radius 3 is 2.64 bits per heavy atom. The van der Waals surface area contributed by atoms with E-state index in [1.807, 2.05) is 29.6 Å². The smallest absolute Gasteiger partial charge is 0.305 e. The highest BCUT2D eigenvalue weighted by Gasteiger charge is 2.18. The second-order valence-electron chi connectivity index (χ2n) is 5.54. The van der Waals surface area contributed by atoms with E-state index >= 15 is 0 Å². The third-order valence-electron chi connectivity index (χ3n) is 4.13. The molecule has 0 spiro atoms. The van der Waals surface area contributed by atoms with Gasteiger partial charge >= 0.3 is 5.91 Å². The number of aromatic nitrogens is 1. The van der Waals surface area contributed by atoms with Crippen molar-refractivity contribution in [3.8, 4) is 5.88 Å². The lowest BCUT2D eigenvalue weighted by Crippen LogP contribution is -2.25. The van der Waals surface area contributed by atoms with Crippen molar-refractivity contribution in [1.29, 1.82) is 0 Å². The molecule has 1 N–H and O–H groups in total. The van der Waals surface area contributed by atoms with Crippen LogP contribution in [0.15, 0.2) is 52.0 Å². The maximum Gasteiger partial charge on any atom is 0.305 e. The Morgan fingerprint density at radius 1 is 1.20 bits per heavy atom. The Bertz CT molecular complexity index is 895. The predicted molar refractivity (Wildman–Crippen MR) is 99.7 cm³/mol. The Hall–Kier alpha value is -2.51. The lowest BCUT2D eigenvalue weighted by Gasteiger charge is -2.19. The van der Waals surface area contributed by atoms with Crippen molar-refractivity contribution >= 4 is 33.8 Å². The summed E-state index contributed by atoms with van der Waals surface area (Å²) in [5, 5.41) is 21.1. The Labute approximate surface area is 150 Å². The van der Waals surface area contributed by atoms with E-state index in [1.165, 1.54) is 11.3 Å². The van der Waals surface area contributed by atoms with E-state index in [0.29, 0.717) is 17.2 Å². The van der Waals surface area contributed by atoms with Crippen LogP contribution < -0.4 is 0 Å². The molecule has 3 aromatic rings. The minimum absolute atomic E-state index is 0.0239. The van der Waals surface area contributed by atoms with Crippen molar-refractivity contribution < 1.29 is 9.90 Å². The van der Waals surface area contributed by atoms with Gasteiger partial charge in [0.05, 0.1) is 17.1 Å². The molecule has 25 heavy (non-hydrogen) atoms. The predicted octanol–water partition coefficient (Wildman–Crippen LogP) is 4.63. The highest BCUT2D eigenvalue weighted by Crippen LogP contribution is 2.39. The summed E-state index contributed by atoms with van der Waals surface area (Å²) in [7, 11) is 0. The number of azo groups is 1. The molecule has 0 atom stereocenters. The SMILES string of the molecule is CCN(CC)Cn1c(O)c(N=NC(=O)c2cccs2)c2ccccc21. The lowest BCUT2D eigenvalue weighted by atomic mass is 10.2. The van der Waals surface area contributed by atoms with Gasteiger partial charge < -0.3 is 5.11 Å². The molecule has 130 valence electrons. The normalized spacial score (nSPS) is 11.8. The number of carbonyl (C=O) groups excluding carboxylic acids is 1. The Balaban J connectivity index is 2.00. The first-order valence-electron chi connectivity index (χ1n) is 8.17. The van der Waals surface area contributed by atoms with Crippen LogP contribution in [0.4, 0.5) is 5.69 Å². The van der Waals surface area contributed by atoms with Crippen molar-refractivity contribution in [3.05, 3.63) is 46.7 Å². The van der Waals surface area contributed by atoms with Crippen molar-refractivity contribution in [3.63, 3.8) is 0 Å². The van der Waals surface area contributed by atoms with Gasteiger partial charge in [-0.3, -0.25) is 14.3 Å². The van der Waals surface area contributed by atoms with Gasteiger partial charge in [-0.15, -0.1) is 21.6 Å². The molecule has 0 aliphatic heterocycles. The van der Waals surface area contributed by atoms with Crippen LogP contribution in [-0.4, -0.2) is 33.6 Å². The number of hydrogen-bond donors (Lipinski definition) is 1. The summed E-state index contributed by atoms with van der Waals surface area (Å²) in [5.74, 6) is -0.384. The van der Waals surface area contributed by atoms with Crippen molar-refractivity contribution in [2.24, 2.45) is 10.2 Å². The van der Waals surface area contributed by atoms with Crippen LogP contribution in [0.1, 0.15) is 23.5 Å². The first-order chi connectivity index (χ1) is 12.2. The fourth-order valence-corrected chi connectivity index (χ4v) is 3.28. The zero-order valence-corrected chi connectivity index (χ0v) is 15.0. The molecule has 6 nitrogen and oxygen atoms in total. The molecule has 0 unspecified atom stereocenters. The van der Waals surface area contributed by atoms with Crippen LogP contribution in [0.2, 0.25) is 0 Å². The van der Waals surface area contributed by atoms with Gasteiger partial charge in [-0.25, -0.2) is 0 Å².